The summed E-state index contributed by atoms with van der Waals surface area (Å²) in [5, 5.41) is 5.60. The Hall–Kier alpha value is -2.48. The number of furan rings is 1. The summed E-state index contributed by atoms with van der Waals surface area (Å²) in [5.74, 6) is -1.02. The summed E-state index contributed by atoms with van der Waals surface area (Å²) in [5.41, 5.74) is 1.27. The molecule has 5 rings (SSSR count). The average molecular weight is 684 g/mol. The molecule has 0 bridgehead atoms. The zero-order chi connectivity index (χ0) is 29.7. The Morgan fingerprint density at radius 3 is 2.39 bits per heavy atom. The fourth-order valence-corrected chi connectivity index (χ4v) is 9.73. The SMILES string of the molecule is CC(C)(C)C1CCc2c(sc(NC(=O)c3ccc(S(=O)(=O)c4ccc(Br)cc4)o3)c2C(=O)NC2CCS(=O)(=O)C2)C1. The molecule has 1 aromatic carbocycles. The highest BCUT2D eigenvalue weighted by molar-refractivity contribution is 9.10. The molecule has 2 atom stereocenters. The lowest BCUT2D eigenvalue weighted by molar-refractivity contribution is 0.0941. The molecule has 0 saturated carbocycles. The van der Waals surface area contributed by atoms with E-state index in [-0.39, 0.29) is 32.7 Å². The van der Waals surface area contributed by atoms with Crippen molar-refractivity contribution in [2.24, 2.45) is 11.3 Å². The molecule has 3 aromatic rings. The quantitative estimate of drug-likeness (QED) is 0.362. The Bertz CT molecular complexity index is 1720. The molecule has 9 nitrogen and oxygen atoms in total. The Morgan fingerprint density at radius 2 is 1.76 bits per heavy atom. The summed E-state index contributed by atoms with van der Waals surface area (Å²) in [6.45, 7) is 6.55. The van der Waals surface area contributed by atoms with Crippen LogP contribution in [0.15, 0.2) is 55.3 Å². The van der Waals surface area contributed by atoms with Gasteiger partial charge in [-0.25, -0.2) is 16.8 Å². The number of hydrogen-bond donors (Lipinski definition) is 2. The number of benzene rings is 1. The van der Waals surface area contributed by atoms with E-state index in [0.29, 0.717) is 29.3 Å². The van der Waals surface area contributed by atoms with Gasteiger partial charge in [0.05, 0.1) is 22.0 Å². The van der Waals surface area contributed by atoms with Crippen LogP contribution in [0.3, 0.4) is 0 Å². The maximum Gasteiger partial charge on any atom is 0.292 e. The van der Waals surface area contributed by atoms with E-state index in [0.717, 1.165) is 27.8 Å². The first-order valence-electron chi connectivity index (χ1n) is 13.2. The first-order chi connectivity index (χ1) is 19.1. The van der Waals surface area contributed by atoms with E-state index in [9.17, 15) is 26.4 Å². The van der Waals surface area contributed by atoms with Gasteiger partial charge in [0.1, 0.15) is 5.00 Å². The van der Waals surface area contributed by atoms with Gasteiger partial charge in [-0.1, -0.05) is 36.7 Å². The average Bonchev–Trinajstić information content (AvgIpc) is 3.60. The zero-order valence-electron chi connectivity index (χ0n) is 22.8. The summed E-state index contributed by atoms with van der Waals surface area (Å²) in [7, 11) is -7.18. The highest BCUT2D eigenvalue weighted by Crippen LogP contribution is 2.44. The number of fused-ring (bicyclic) bond motifs is 1. The molecule has 220 valence electrons. The Kier molecular flexibility index (Phi) is 8.03. The van der Waals surface area contributed by atoms with Crippen molar-refractivity contribution in [1.82, 2.24) is 5.32 Å². The van der Waals surface area contributed by atoms with Gasteiger partial charge in [0.2, 0.25) is 14.9 Å². The van der Waals surface area contributed by atoms with Crippen molar-refractivity contribution in [3.8, 4) is 0 Å². The summed E-state index contributed by atoms with van der Waals surface area (Å²) in [6, 6.07) is 8.08. The topological polar surface area (TPSA) is 140 Å². The molecular weight excluding hydrogens is 652 g/mol. The number of nitrogens with one attached hydrogen (secondary N) is 2. The number of sulfone groups is 2. The van der Waals surface area contributed by atoms with Crippen molar-refractivity contribution in [1.29, 1.82) is 0 Å². The first kappa shape index (κ1) is 30.0. The second-order valence-corrected chi connectivity index (χ2v) is 17.7. The van der Waals surface area contributed by atoms with Crippen molar-refractivity contribution in [2.75, 3.05) is 16.8 Å². The summed E-state index contributed by atoms with van der Waals surface area (Å²) >= 11 is 4.60. The van der Waals surface area contributed by atoms with Crippen molar-refractivity contribution in [3.05, 3.63) is 62.6 Å². The molecule has 3 heterocycles. The maximum absolute atomic E-state index is 13.5. The van der Waals surface area contributed by atoms with Gasteiger partial charge in [0.15, 0.2) is 15.6 Å². The minimum absolute atomic E-state index is 0.0224. The minimum atomic E-state index is -3.99. The van der Waals surface area contributed by atoms with Gasteiger partial charge in [-0.3, -0.25) is 9.59 Å². The van der Waals surface area contributed by atoms with Crippen LogP contribution >= 0.6 is 27.3 Å². The minimum Gasteiger partial charge on any atom is -0.439 e. The summed E-state index contributed by atoms with van der Waals surface area (Å²) in [6.07, 6.45) is 2.64. The van der Waals surface area contributed by atoms with Gasteiger partial charge in [-0.2, -0.15) is 0 Å². The Balaban J connectivity index is 1.43. The number of anilines is 1. The predicted octanol–water partition coefficient (Wildman–Crippen LogP) is 5.26. The largest absolute Gasteiger partial charge is 0.439 e. The molecule has 2 aromatic heterocycles. The molecule has 2 unspecified atom stereocenters. The van der Waals surface area contributed by atoms with Crippen LogP contribution in [0, 0.1) is 11.3 Å². The van der Waals surface area contributed by atoms with Gasteiger partial charge in [0, 0.05) is 15.4 Å². The van der Waals surface area contributed by atoms with E-state index in [2.05, 4.69) is 47.3 Å². The van der Waals surface area contributed by atoms with E-state index >= 15 is 0 Å². The lowest BCUT2D eigenvalue weighted by Crippen LogP contribution is -2.36. The van der Waals surface area contributed by atoms with E-state index in [4.69, 9.17) is 4.42 Å². The van der Waals surface area contributed by atoms with Gasteiger partial charge in [0.25, 0.3) is 11.8 Å². The van der Waals surface area contributed by atoms with Crippen LogP contribution in [0.5, 0.6) is 0 Å². The number of amides is 2. The highest BCUT2D eigenvalue weighted by atomic mass is 79.9. The number of thiophene rings is 1. The monoisotopic (exact) mass is 682 g/mol. The summed E-state index contributed by atoms with van der Waals surface area (Å²) in [4.78, 5) is 27.8. The van der Waals surface area contributed by atoms with Crippen LogP contribution in [0.1, 0.15) is 65.0 Å². The van der Waals surface area contributed by atoms with Crippen LogP contribution in [0.25, 0.3) is 0 Å². The molecule has 13 heteroatoms. The van der Waals surface area contributed by atoms with Crippen LogP contribution in [0.4, 0.5) is 5.00 Å². The Morgan fingerprint density at radius 1 is 1.05 bits per heavy atom. The maximum atomic E-state index is 13.5. The third-order valence-electron chi connectivity index (χ3n) is 7.71. The number of hydrogen-bond acceptors (Lipinski definition) is 8. The number of carbonyl (C=O) groups excluding carboxylic acids is 2. The van der Waals surface area contributed by atoms with E-state index in [1.54, 1.807) is 12.1 Å². The third-order valence-corrected chi connectivity index (χ3v) is 12.8. The number of rotatable bonds is 6. The van der Waals surface area contributed by atoms with Crippen LogP contribution in [-0.2, 0) is 32.5 Å². The normalized spacial score (nSPS) is 20.4. The van der Waals surface area contributed by atoms with Crippen molar-refractivity contribution in [2.45, 2.75) is 62.5 Å². The van der Waals surface area contributed by atoms with Crippen molar-refractivity contribution >= 4 is 63.8 Å². The van der Waals surface area contributed by atoms with Gasteiger partial charge < -0.3 is 15.1 Å². The second-order valence-electron chi connectivity index (χ2n) is 11.6. The van der Waals surface area contributed by atoms with Crippen molar-refractivity contribution in [3.63, 3.8) is 0 Å². The lowest BCUT2D eigenvalue weighted by Gasteiger charge is -2.33. The molecule has 2 amide bonds. The lowest BCUT2D eigenvalue weighted by atomic mass is 9.72. The van der Waals surface area contributed by atoms with E-state index < -0.39 is 37.5 Å². The summed E-state index contributed by atoms with van der Waals surface area (Å²) < 4.78 is 56.1. The third kappa shape index (κ3) is 6.32. The fraction of sp³-hybridized carbons (Fsp3) is 0.429. The highest BCUT2D eigenvalue weighted by Gasteiger charge is 2.36. The molecule has 0 radical (unpaired) electrons. The second kappa shape index (κ2) is 11.0. The predicted molar refractivity (Wildman–Crippen MR) is 160 cm³/mol. The van der Waals surface area contributed by atoms with E-state index in [1.165, 1.54) is 35.6 Å². The van der Waals surface area contributed by atoms with E-state index in [1.807, 2.05) is 0 Å². The molecular formula is C28H31BrN2O7S3. The van der Waals surface area contributed by atoms with Gasteiger partial charge >= 0.3 is 0 Å². The zero-order valence-corrected chi connectivity index (χ0v) is 26.9. The molecule has 1 aliphatic carbocycles. The molecule has 2 aliphatic rings. The van der Waals surface area contributed by atoms with Crippen molar-refractivity contribution < 1.29 is 30.8 Å². The van der Waals surface area contributed by atoms with Crippen LogP contribution in [-0.4, -0.2) is 46.2 Å². The smallest absolute Gasteiger partial charge is 0.292 e. The molecule has 41 heavy (non-hydrogen) atoms. The number of carbonyl (C=O) groups is 2. The molecule has 1 fully saturated rings. The fourth-order valence-electron chi connectivity index (χ4n) is 5.30. The molecule has 2 N–H and O–H groups in total. The number of halogens is 1. The molecule has 1 aliphatic heterocycles. The van der Waals surface area contributed by atoms with Crippen LogP contribution < -0.4 is 10.6 Å². The van der Waals surface area contributed by atoms with Gasteiger partial charge in [-0.15, -0.1) is 11.3 Å². The first-order valence-corrected chi connectivity index (χ1v) is 18.1. The molecule has 0 spiro atoms. The standard InChI is InChI=1S/C28H31BrN2O7S3/c1-28(2,3)16-4-9-20-22(14-16)39-27(24(20)26(33)30-18-12-13-40(34,35)15-18)31-25(32)21-10-11-23(38-21)41(36,37)19-7-5-17(29)6-8-19/h5-8,10-11,16,18H,4,9,12-15H2,1-3H3,(H,30,33)(H,31,32). The van der Waals surface area contributed by atoms with Crippen LogP contribution in [0.2, 0.25) is 0 Å². The Labute approximate surface area is 252 Å². The van der Waals surface area contributed by atoms with Gasteiger partial charge in [-0.05, 0) is 79.0 Å². The molecule has 1 saturated heterocycles.